The van der Waals surface area contributed by atoms with E-state index in [1.807, 2.05) is 59.5 Å². The Morgan fingerprint density at radius 2 is 1.71 bits per heavy atom. The first-order valence-electron chi connectivity index (χ1n) is 10.1. The molecule has 0 bridgehead atoms. The Kier molecular flexibility index (Phi) is 5.72. The Bertz CT molecular complexity index is 805. The predicted octanol–water partition coefficient (Wildman–Crippen LogP) is 3.47. The van der Waals surface area contributed by atoms with E-state index in [9.17, 15) is 9.90 Å². The Morgan fingerprint density at radius 1 is 1.04 bits per heavy atom. The number of rotatable bonds is 4. The molecule has 2 atom stereocenters. The summed E-state index contributed by atoms with van der Waals surface area (Å²) in [5.74, 6) is 0.113. The molecule has 2 aromatic rings. The summed E-state index contributed by atoms with van der Waals surface area (Å²) in [6, 6.07) is 17.3. The molecule has 5 heteroatoms. The van der Waals surface area contributed by atoms with Crippen LogP contribution in [0.25, 0.3) is 0 Å². The van der Waals surface area contributed by atoms with Gasteiger partial charge in [0.1, 0.15) is 5.60 Å². The summed E-state index contributed by atoms with van der Waals surface area (Å²) in [5, 5.41) is 12.4. The van der Waals surface area contributed by atoms with Crippen molar-refractivity contribution in [3.8, 4) is 0 Å². The topological polar surface area (TPSA) is 43.8 Å². The van der Waals surface area contributed by atoms with Crippen molar-refractivity contribution >= 4 is 17.5 Å². The zero-order chi connectivity index (χ0) is 19.6. The van der Waals surface area contributed by atoms with Gasteiger partial charge >= 0.3 is 0 Å². The first-order valence-corrected chi connectivity index (χ1v) is 10.5. The molecule has 0 aromatic heterocycles. The molecular weight excluding hydrogens is 372 g/mol. The number of halogens is 1. The average molecular weight is 399 g/mol. The van der Waals surface area contributed by atoms with Crippen LogP contribution in [0.3, 0.4) is 0 Å². The molecule has 0 radical (unpaired) electrons. The fourth-order valence-electron chi connectivity index (χ4n) is 4.57. The average Bonchev–Trinajstić information content (AvgIpc) is 3.25. The maximum atomic E-state index is 13.0. The number of benzene rings is 2. The van der Waals surface area contributed by atoms with Crippen molar-refractivity contribution in [2.24, 2.45) is 0 Å². The van der Waals surface area contributed by atoms with Gasteiger partial charge in [-0.1, -0.05) is 54.1 Å². The molecular formula is C23H27ClN2O2. The maximum Gasteiger partial charge on any atom is 0.227 e. The van der Waals surface area contributed by atoms with E-state index < -0.39 is 5.60 Å². The van der Waals surface area contributed by atoms with Gasteiger partial charge in [0, 0.05) is 18.1 Å². The Morgan fingerprint density at radius 3 is 2.39 bits per heavy atom. The summed E-state index contributed by atoms with van der Waals surface area (Å²) in [7, 11) is 0. The lowest BCUT2D eigenvalue weighted by atomic mass is 9.79. The molecule has 28 heavy (non-hydrogen) atoms. The molecule has 148 valence electrons. The molecule has 2 saturated heterocycles. The van der Waals surface area contributed by atoms with Gasteiger partial charge in [-0.3, -0.25) is 9.69 Å². The monoisotopic (exact) mass is 398 g/mol. The molecule has 0 unspecified atom stereocenters. The molecule has 2 aliphatic rings. The second-order valence-corrected chi connectivity index (χ2v) is 8.38. The molecule has 1 N–H and O–H groups in total. The molecule has 2 aliphatic heterocycles. The molecule has 2 aromatic carbocycles. The zero-order valence-electron chi connectivity index (χ0n) is 16.1. The van der Waals surface area contributed by atoms with Gasteiger partial charge in [-0.15, -0.1) is 0 Å². The fraction of sp³-hybridized carbons (Fsp3) is 0.435. The van der Waals surface area contributed by atoms with Crippen LogP contribution in [0.4, 0.5) is 0 Å². The molecule has 0 saturated carbocycles. The Hall–Kier alpha value is -1.88. The molecule has 2 fully saturated rings. The highest BCUT2D eigenvalue weighted by Crippen LogP contribution is 2.37. The molecule has 4 rings (SSSR count). The number of carbonyl (C=O) groups excluding carboxylic acids is 1. The van der Waals surface area contributed by atoms with Crippen LogP contribution in [0.1, 0.15) is 30.4 Å². The minimum atomic E-state index is -0.914. The van der Waals surface area contributed by atoms with E-state index in [2.05, 4.69) is 4.90 Å². The van der Waals surface area contributed by atoms with Gasteiger partial charge in [-0.25, -0.2) is 0 Å². The lowest BCUT2D eigenvalue weighted by molar-refractivity contribution is -0.142. The summed E-state index contributed by atoms with van der Waals surface area (Å²) >= 11 is 5.95. The number of nitrogens with zero attached hydrogens (tertiary/aromatic N) is 2. The minimum Gasteiger partial charge on any atom is -0.383 e. The maximum absolute atomic E-state index is 13.0. The summed E-state index contributed by atoms with van der Waals surface area (Å²) in [6.45, 7) is 3.11. The standard InChI is InChI=1S/C23H27ClN2O2/c24-20-10-8-18(9-11-20)16-22(27)26-15-12-23(28,19-6-2-1-3-7-19)21(17-26)25-13-4-5-14-25/h1-3,6-11,21,28H,4-5,12-17H2/t21-,23+/m1/s1. The van der Waals surface area contributed by atoms with Crippen LogP contribution >= 0.6 is 11.6 Å². The smallest absolute Gasteiger partial charge is 0.227 e. The second-order valence-electron chi connectivity index (χ2n) is 7.94. The molecule has 0 spiro atoms. The highest BCUT2D eigenvalue weighted by Gasteiger charge is 2.47. The fourth-order valence-corrected chi connectivity index (χ4v) is 4.70. The minimum absolute atomic E-state index is 0.0692. The summed E-state index contributed by atoms with van der Waals surface area (Å²) in [5.41, 5.74) is 1.01. The van der Waals surface area contributed by atoms with Gasteiger partial charge in [0.15, 0.2) is 0 Å². The number of piperidine rings is 1. The van der Waals surface area contributed by atoms with Crippen LogP contribution < -0.4 is 0 Å². The number of likely N-dealkylation sites (tertiary alicyclic amines) is 2. The summed E-state index contributed by atoms with van der Waals surface area (Å²) < 4.78 is 0. The normalized spacial score (nSPS) is 25.8. The van der Waals surface area contributed by atoms with Gasteiger partial charge in [0.25, 0.3) is 0 Å². The van der Waals surface area contributed by atoms with Gasteiger partial charge in [0.05, 0.1) is 12.5 Å². The van der Waals surface area contributed by atoms with Crippen LogP contribution in [0, 0.1) is 0 Å². The number of hydrogen-bond donors (Lipinski definition) is 1. The lowest BCUT2D eigenvalue weighted by Gasteiger charge is -2.48. The third-order valence-electron chi connectivity index (χ3n) is 6.18. The van der Waals surface area contributed by atoms with E-state index in [0.717, 1.165) is 37.1 Å². The third-order valence-corrected chi connectivity index (χ3v) is 6.44. The van der Waals surface area contributed by atoms with Crippen molar-refractivity contribution < 1.29 is 9.90 Å². The van der Waals surface area contributed by atoms with E-state index in [1.165, 1.54) is 0 Å². The van der Waals surface area contributed by atoms with Crippen LogP contribution in [0.15, 0.2) is 54.6 Å². The molecule has 1 amide bonds. The van der Waals surface area contributed by atoms with Gasteiger partial charge in [-0.05, 0) is 55.6 Å². The SMILES string of the molecule is O=C(Cc1ccc(Cl)cc1)N1CC[C@](O)(c2ccccc2)[C@H](N2CCCC2)C1. The van der Waals surface area contributed by atoms with Crippen molar-refractivity contribution in [2.75, 3.05) is 26.2 Å². The van der Waals surface area contributed by atoms with Crippen molar-refractivity contribution in [1.82, 2.24) is 9.80 Å². The lowest BCUT2D eigenvalue weighted by Crippen LogP contribution is -2.61. The van der Waals surface area contributed by atoms with Crippen molar-refractivity contribution in [3.05, 3.63) is 70.7 Å². The van der Waals surface area contributed by atoms with Crippen LogP contribution in [0.5, 0.6) is 0 Å². The Balaban J connectivity index is 1.53. The molecule has 0 aliphatic carbocycles. The van der Waals surface area contributed by atoms with E-state index in [-0.39, 0.29) is 11.9 Å². The number of hydrogen-bond acceptors (Lipinski definition) is 3. The van der Waals surface area contributed by atoms with Crippen molar-refractivity contribution in [1.29, 1.82) is 0 Å². The Labute approximate surface area is 171 Å². The summed E-state index contributed by atoms with van der Waals surface area (Å²) in [4.78, 5) is 17.2. The van der Waals surface area contributed by atoms with Crippen LogP contribution in [-0.2, 0) is 16.8 Å². The molecule has 2 heterocycles. The van der Waals surface area contributed by atoms with Crippen LogP contribution in [0.2, 0.25) is 5.02 Å². The van der Waals surface area contributed by atoms with Crippen molar-refractivity contribution in [2.45, 2.75) is 37.3 Å². The highest BCUT2D eigenvalue weighted by molar-refractivity contribution is 6.30. The van der Waals surface area contributed by atoms with E-state index in [1.54, 1.807) is 0 Å². The quantitative estimate of drug-likeness (QED) is 0.857. The van der Waals surface area contributed by atoms with Gasteiger partial charge in [-0.2, -0.15) is 0 Å². The highest BCUT2D eigenvalue weighted by atomic mass is 35.5. The van der Waals surface area contributed by atoms with E-state index in [4.69, 9.17) is 11.6 Å². The summed E-state index contributed by atoms with van der Waals surface area (Å²) in [6.07, 6.45) is 3.23. The van der Waals surface area contributed by atoms with Gasteiger partial charge < -0.3 is 10.0 Å². The van der Waals surface area contributed by atoms with Gasteiger partial charge in [0.2, 0.25) is 5.91 Å². The first kappa shape index (κ1) is 19.4. The number of amides is 1. The van der Waals surface area contributed by atoms with E-state index in [0.29, 0.717) is 31.0 Å². The first-order chi connectivity index (χ1) is 13.6. The third kappa shape index (κ3) is 3.95. The largest absolute Gasteiger partial charge is 0.383 e. The van der Waals surface area contributed by atoms with Crippen molar-refractivity contribution in [3.63, 3.8) is 0 Å². The zero-order valence-corrected chi connectivity index (χ0v) is 16.8. The number of carbonyl (C=O) groups is 1. The van der Waals surface area contributed by atoms with E-state index >= 15 is 0 Å². The predicted molar refractivity (Wildman–Crippen MR) is 111 cm³/mol. The second kappa shape index (κ2) is 8.24. The number of aliphatic hydroxyl groups is 1. The molecule has 4 nitrogen and oxygen atoms in total. The van der Waals surface area contributed by atoms with Crippen LogP contribution in [-0.4, -0.2) is 53.0 Å².